The van der Waals surface area contributed by atoms with Gasteiger partial charge in [0, 0.05) is 19.4 Å². The number of hydrogen-bond donors (Lipinski definition) is 1. The van der Waals surface area contributed by atoms with Crippen LogP contribution in [0.2, 0.25) is 0 Å². The van der Waals surface area contributed by atoms with Gasteiger partial charge in [0.15, 0.2) is 0 Å². The van der Waals surface area contributed by atoms with Crippen molar-refractivity contribution in [1.82, 2.24) is 0 Å². The van der Waals surface area contributed by atoms with E-state index in [1.807, 2.05) is 24.3 Å². The smallest absolute Gasteiger partial charge is 0.118 e. The van der Waals surface area contributed by atoms with Crippen molar-refractivity contribution in [3.63, 3.8) is 0 Å². The molecule has 0 atom stereocenters. The van der Waals surface area contributed by atoms with E-state index >= 15 is 0 Å². The maximum Gasteiger partial charge on any atom is 0.118 e. The molecule has 0 amide bonds. The highest BCUT2D eigenvalue weighted by atomic mass is 16.5. The van der Waals surface area contributed by atoms with Crippen molar-refractivity contribution in [1.29, 1.82) is 0 Å². The summed E-state index contributed by atoms with van der Waals surface area (Å²) in [6.07, 6.45) is 2.52. The molecule has 0 heterocycles. The number of methoxy groups -OCH3 is 1. The van der Waals surface area contributed by atoms with Crippen molar-refractivity contribution >= 4 is 6.21 Å². The Hall–Kier alpha value is -1.35. The average molecular weight is 193 g/mol. The fraction of sp³-hybridized carbons (Fsp3) is 0.364. The lowest BCUT2D eigenvalue weighted by Crippen LogP contribution is -1.89. The number of hydrogen-bond acceptors (Lipinski definition) is 3. The summed E-state index contributed by atoms with van der Waals surface area (Å²) in [5.74, 6) is 0.845. The quantitative estimate of drug-likeness (QED) is 0.568. The van der Waals surface area contributed by atoms with Crippen molar-refractivity contribution in [2.45, 2.75) is 6.42 Å². The number of ether oxygens (including phenoxy) is 1. The topological polar surface area (TPSA) is 41.8 Å². The Balaban J connectivity index is 2.47. The van der Waals surface area contributed by atoms with Crippen LogP contribution in [0.15, 0.2) is 29.3 Å². The number of nitrogens with zero attached hydrogens (tertiary/aromatic N) is 1. The van der Waals surface area contributed by atoms with E-state index < -0.39 is 0 Å². The SMILES string of the molecule is COc1ccc(C=NCCCO)cc1. The van der Waals surface area contributed by atoms with Crippen LogP contribution >= 0.6 is 0 Å². The molecule has 3 nitrogen and oxygen atoms in total. The zero-order valence-corrected chi connectivity index (χ0v) is 8.31. The van der Waals surface area contributed by atoms with E-state index in [0.29, 0.717) is 13.0 Å². The molecule has 0 aromatic heterocycles. The van der Waals surface area contributed by atoms with Gasteiger partial charge in [-0.25, -0.2) is 0 Å². The van der Waals surface area contributed by atoms with Gasteiger partial charge >= 0.3 is 0 Å². The molecule has 1 N–H and O–H groups in total. The first kappa shape index (κ1) is 10.7. The molecule has 76 valence electrons. The molecule has 0 saturated carbocycles. The molecule has 14 heavy (non-hydrogen) atoms. The van der Waals surface area contributed by atoms with Crippen molar-refractivity contribution in [2.75, 3.05) is 20.3 Å². The number of aliphatic hydroxyl groups is 1. The van der Waals surface area contributed by atoms with Crippen LogP contribution in [-0.2, 0) is 0 Å². The van der Waals surface area contributed by atoms with E-state index in [1.54, 1.807) is 13.3 Å². The van der Waals surface area contributed by atoms with E-state index in [1.165, 1.54) is 0 Å². The minimum absolute atomic E-state index is 0.194. The summed E-state index contributed by atoms with van der Waals surface area (Å²) in [5.41, 5.74) is 1.05. The van der Waals surface area contributed by atoms with Gasteiger partial charge in [-0.2, -0.15) is 0 Å². The Kier molecular flexibility index (Phi) is 4.72. The van der Waals surface area contributed by atoms with Crippen molar-refractivity contribution in [3.05, 3.63) is 29.8 Å². The molecular weight excluding hydrogens is 178 g/mol. The summed E-state index contributed by atoms with van der Waals surface area (Å²) in [5, 5.41) is 8.54. The van der Waals surface area contributed by atoms with Gasteiger partial charge in [-0.3, -0.25) is 4.99 Å². The van der Waals surface area contributed by atoms with Gasteiger partial charge in [-0.1, -0.05) is 0 Å². The average Bonchev–Trinajstić information content (AvgIpc) is 2.25. The van der Waals surface area contributed by atoms with Gasteiger partial charge < -0.3 is 9.84 Å². The van der Waals surface area contributed by atoms with Gasteiger partial charge in [-0.05, 0) is 36.2 Å². The second-order valence-corrected chi connectivity index (χ2v) is 2.89. The van der Waals surface area contributed by atoms with E-state index in [-0.39, 0.29) is 6.61 Å². The standard InChI is InChI=1S/C11H15NO2/c1-14-11-5-3-10(4-6-11)9-12-7-2-8-13/h3-6,9,13H,2,7-8H2,1H3. The van der Waals surface area contributed by atoms with E-state index in [4.69, 9.17) is 9.84 Å². The summed E-state index contributed by atoms with van der Waals surface area (Å²) in [6.45, 7) is 0.864. The first-order valence-corrected chi connectivity index (χ1v) is 4.61. The third kappa shape index (κ3) is 3.58. The number of benzene rings is 1. The number of aliphatic imine (C=N–C) groups is 1. The van der Waals surface area contributed by atoms with E-state index in [2.05, 4.69) is 4.99 Å². The highest BCUT2D eigenvalue weighted by molar-refractivity contribution is 5.79. The van der Waals surface area contributed by atoms with Crippen LogP contribution < -0.4 is 4.74 Å². The van der Waals surface area contributed by atoms with Crippen LogP contribution in [0, 0.1) is 0 Å². The van der Waals surface area contributed by atoms with Crippen molar-refractivity contribution in [3.8, 4) is 5.75 Å². The first-order chi connectivity index (χ1) is 6.86. The Morgan fingerprint density at radius 2 is 2.07 bits per heavy atom. The monoisotopic (exact) mass is 193 g/mol. The van der Waals surface area contributed by atoms with Gasteiger partial charge in [-0.15, -0.1) is 0 Å². The largest absolute Gasteiger partial charge is 0.497 e. The number of rotatable bonds is 5. The van der Waals surface area contributed by atoms with Crippen LogP contribution in [0.3, 0.4) is 0 Å². The Morgan fingerprint density at radius 3 is 2.64 bits per heavy atom. The zero-order chi connectivity index (χ0) is 10.2. The van der Waals surface area contributed by atoms with Gasteiger partial charge in [0.25, 0.3) is 0 Å². The minimum Gasteiger partial charge on any atom is -0.497 e. The second kappa shape index (κ2) is 6.16. The molecule has 0 bridgehead atoms. The second-order valence-electron chi connectivity index (χ2n) is 2.89. The van der Waals surface area contributed by atoms with Gasteiger partial charge in [0.05, 0.1) is 7.11 Å². The van der Waals surface area contributed by atoms with E-state index in [0.717, 1.165) is 11.3 Å². The molecule has 0 aliphatic heterocycles. The fourth-order valence-electron chi connectivity index (χ4n) is 1.02. The lowest BCUT2D eigenvalue weighted by atomic mass is 10.2. The Bertz CT molecular complexity index is 280. The minimum atomic E-state index is 0.194. The maximum absolute atomic E-state index is 8.54. The van der Waals surface area contributed by atoms with Crippen molar-refractivity contribution < 1.29 is 9.84 Å². The summed E-state index contributed by atoms with van der Waals surface area (Å²) < 4.78 is 5.03. The van der Waals surface area contributed by atoms with Crippen LogP contribution in [0.1, 0.15) is 12.0 Å². The molecule has 1 aromatic carbocycles. The van der Waals surface area contributed by atoms with Crippen molar-refractivity contribution in [2.24, 2.45) is 4.99 Å². The molecule has 0 unspecified atom stereocenters. The van der Waals surface area contributed by atoms with Gasteiger partial charge in [0.2, 0.25) is 0 Å². The molecular formula is C11H15NO2. The zero-order valence-electron chi connectivity index (χ0n) is 8.31. The molecule has 3 heteroatoms. The predicted octanol–water partition coefficient (Wildman–Crippen LogP) is 1.50. The van der Waals surface area contributed by atoms with Crippen LogP contribution in [0.4, 0.5) is 0 Å². The Labute approximate surface area is 84.1 Å². The maximum atomic E-state index is 8.54. The lowest BCUT2D eigenvalue weighted by Gasteiger charge is -1.98. The van der Waals surface area contributed by atoms with Crippen LogP contribution in [-0.4, -0.2) is 31.6 Å². The third-order valence-electron chi connectivity index (χ3n) is 1.80. The van der Waals surface area contributed by atoms with Crippen LogP contribution in [0.25, 0.3) is 0 Å². The molecule has 1 aromatic rings. The molecule has 0 aliphatic rings. The predicted molar refractivity (Wildman–Crippen MR) is 57.2 cm³/mol. The summed E-state index contributed by atoms with van der Waals surface area (Å²) >= 11 is 0. The molecule has 0 spiro atoms. The molecule has 1 rings (SSSR count). The normalized spacial score (nSPS) is 10.7. The molecule has 0 saturated heterocycles. The third-order valence-corrected chi connectivity index (χ3v) is 1.80. The summed E-state index contributed by atoms with van der Waals surface area (Å²) in [4.78, 5) is 4.16. The highest BCUT2D eigenvalue weighted by Gasteiger charge is 1.89. The Morgan fingerprint density at radius 1 is 1.36 bits per heavy atom. The lowest BCUT2D eigenvalue weighted by molar-refractivity contribution is 0.291. The molecule has 0 radical (unpaired) electrons. The molecule has 0 aliphatic carbocycles. The summed E-state index contributed by atoms with van der Waals surface area (Å²) in [6, 6.07) is 7.68. The summed E-state index contributed by atoms with van der Waals surface area (Å²) in [7, 11) is 1.64. The van der Waals surface area contributed by atoms with Crippen LogP contribution in [0.5, 0.6) is 5.75 Å². The van der Waals surface area contributed by atoms with Gasteiger partial charge in [0.1, 0.15) is 5.75 Å². The van der Waals surface area contributed by atoms with E-state index in [9.17, 15) is 0 Å². The molecule has 0 fully saturated rings. The first-order valence-electron chi connectivity index (χ1n) is 4.61. The number of aliphatic hydroxyl groups excluding tert-OH is 1. The fourth-order valence-corrected chi connectivity index (χ4v) is 1.02. The highest BCUT2D eigenvalue weighted by Crippen LogP contribution is 2.09.